The number of nitrogens with one attached hydrogen (secondary N) is 1. The van der Waals surface area contributed by atoms with Crippen LogP contribution in [0.3, 0.4) is 0 Å². The molecule has 0 bridgehead atoms. The van der Waals surface area contributed by atoms with Gasteiger partial charge in [0.15, 0.2) is 0 Å². The zero-order valence-electron chi connectivity index (χ0n) is 15.5. The molecule has 1 heterocycles. The Morgan fingerprint density at radius 1 is 1.12 bits per heavy atom. The molecule has 5 heteroatoms. The summed E-state index contributed by atoms with van der Waals surface area (Å²) in [6, 6.07) is 7.33. The number of amides is 2. The van der Waals surface area contributed by atoms with Gasteiger partial charge in [0, 0.05) is 30.1 Å². The number of rotatable bonds is 7. The first kappa shape index (κ1) is 19.5. The lowest BCUT2D eigenvalue weighted by molar-refractivity contribution is -0.130. The third-order valence-corrected chi connectivity index (χ3v) is 5.44. The van der Waals surface area contributed by atoms with E-state index in [1.54, 1.807) is 12.1 Å². The third-order valence-electron chi connectivity index (χ3n) is 5.19. The topological polar surface area (TPSA) is 49.4 Å². The number of carbonyl (C=O) groups is 2. The Morgan fingerprint density at radius 2 is 1.72 bits per heavy atom. The largest absolute Gasteiger partial charge is 0.343 e. The van der Waals surface area contributed by atoms with Crippen molar-refractivity contribution in [2.75, 3.05) is 13.1 Å². The van der Waals surface area contributed by atoms with Crippen molar-refractivity contribution < 1.29 is 9.59 Å². The molecule has 2 rings (SSSR count). The lowest BCUT2D eigenvalue weighted by atomic mass is 9.83. The molecule has 1 aromatic rings. The zero-order chi connectivity index (χ0) is 18.6. The van der Waals surface area contributed by atoms with E-state index in [0.717, 1.165) is 24.0 Å². The van der Waals surface area contributed by atoms with Gasteiger partial charge in [0.2, 0.25) is 5.91 Å². The second-order valence-electron chi connectivity index (χ2n) is 6.37. The highest BCUT2D eigenvalue weighted by Gasteiger charge is 2.43. The SMILES string of the molecule is CCC(=O)N(CC)CC1=C(c2ccc(Cl)cc2)C(=O)NC1(CC)CC. The Kier molecular flexibility index (Phi) is 6.28. The van der Waals surface area contributed by atoms with Crippen LogP contribution in [0.25, 0.3) is 5.57 Å². The van der Waals surface area contributed by atoms with Crippen LogP contribution < -0.4 is 5.32 Å². The average molecular weight is 363 g/mol. The van der Waals surface area contributed by atoms with Crippen molar-refractivity contribution in [3.8, 4) is 0 Å². The van der Waals surface area contributed by atoms with Gasteiger partial charge in [0.05, 0.1) is 5.54 Å². The van der Waals surface area contributed by atoms with Crippen LogP contribution in [-0.4, -0.2) is 35.3 Å². The van der Waals surface area contributed by atoms with E-state index in [1.165, 1.54) is 0 Å². The molecule has 4 nitrogen and oxygen atoms in total. The van der Waals surface area contributed by atoms with E-state index in [2.05, 4.69) is 19.2 Å². The molecule has 0 aromatic heterocycles. The number of likely N-dealkylation sites (N-methyl/N-ethyl adjacent to an activating group) is 1. The molecule has 0 spiro atoms. The highest BCUT2D eigenvalue weighted by Crippen LogP contribution is 2.38. The highest BCUT2D eigenvalue weighted by atomic mass is 35.5. The van der Waals surface area contributed by atoms with E-state index in [-0.39, 0.29) is 11.8 Å². The predicted octanol–water partition coefficient (Wildman–Crippen LogP) is 4.04. The van der Waals surface area contributed by atoms with Crippen LogP contribution in [0, 0.1) is 0 Å². The molecule has 1 aliphatic rings. The van der Waals surface area contributed by atoms with E-state index in [0.29, 0.717) is 30.1 Å². The summed E-state index contributed by atoms with van der Waals surface area (Å²) in [5.41, 5.74) is 2.14. The molecular weight excluding hydrogens is 336 g/mol. The number of nitrogens with zero attached hydrogens (tertiary/aromatic N) is 1. The van der Waals surface area contributed by atoms with Gasteiger partial charge in [-0.25, -0.2) is 0 Å². The number of hydrogen-bond donors (Lipinski definition) is 1. The van der Waals surface area contributed by atoms with Gasteiger partial charge in [-0.15, -0.1) is 0 Å². The zero-order valence-corrected chi connectivity index (χ0v) is 16.2. The Morgan fingerprint density at radius 3 is 2.20 bits per heavy atom. The maximum absolute atomic E-state index is 12.8. The van der Waals surface area contributed by atoms with Crippen molar-refractivity contribution in [2.24, 2.45) is 0 Å². The van der Waals surface area contributed by atoms with Crippen molar-refractivity contribution in [3.63, 3.8) is 0 Å². The summed E-state index contributed by atoms with van der Waals surface area (Å²) < 4.78 is 0. The molecule has 0 unspecified atom stereocenters. The van der Waals surface area contributed by atoms with Gasteiger partial charge in [0.1, 0.15) is 0 Å². The fourth-order valence-corrected chi connectivity index (χ4v) is 3.65. The van der Waals surface area contributed by atoms with Gasteiger partial charge in [-0.05, 0) is 43.0 Å². The summed E-state index contributed by atoms with van der Waals surface area (Å²) in [6.07, 6.45) is 2.04. The van der Waals surface area contributed by atoms with Crippen LogP contribution in [0.4, 0.5) is 0 Å². The molecule has 1 aromatic carbocycles. The van der Waals surface area contributed by atoms with Crippen LogP contribution >= 0.6 is 11.6 Å². The minimum Gasteiger partial charge on any atom is -0.343 e. The van der Waals surface area contributed by atoms with Crippen molar-refractivity contribution in [1.82, 2.24) is 10.2 Å². The summed E-state index contributed by atoms with van der Waals surface area (Å²) in [5, 5.41) is 3.82. The van der Waals surface area contributed by atoms with Crippen LogP contribution in [0.1, 0.15) is 52.5 Å². The van der Waals surface area contributed by atoms with Gasteiger partial charge in [0.25, 0.3) is 5.91 Å². The van der Waals surface area contributed by atoms with Crippen molar-refractivity contribution >= 4 is 29.0 Å². The smallest absolute Gasteiger partial charge is 0.252 e. The molecule has 0 atom stereocenters. The Balaban J connectivity index is 2.58. The molecule has 1 aliphatic heterocycles. The van der Waals surface area contributed by atoms with Crippen molar-refractivity contribution in [3.05, 3.63) is 40.4 Å². The van der Waals surface area contributed by atoms with Gasteiger partial charge < -0.3 is 10.2 Å². The van der Waals surface area contributed by atoms with E-state index in [4.69, 9.17) is 11.6 Å². The lowest BCUT2D eigenvalue weighted by Gasteiger charge is -2.33. The molecule has 0 saturated heterocycles. The average Bonchev–Trinajstić information content (AvgIpc) is 2.91. The van der Waals surface area contributed by atoms with E-state index < -0.39 is 5.54 Å². The first-order valence-electron chi connectivity index (χ1n) is 9.02. The Bertz CT molecular complexity index is 675. The van der Waals surface area contributed by atoms with E-state index in [9.17, 15) is 9.59 Å². The van der Waals surface area contributed by atoms with Crippen molar-refractivity contribution in [1.29, 1.82) is 0 Å². The van der Waals surface area contributed by atoms with Crippen LogP contribution in [-0.2, 0) is 9.59 Å². The number of benzene rings is 1. The minimum absolute atomic E-state index is 0.0685. The highest BCUT2D eigenvalue weighted by molar-refractivity contribution is 6.31. The molecule has 136 valence electrons. The molecule has 2 amide bonds. The molecule has 25 heavy (non-hydrogen) atoms. The monoisotopic (exact) mass is 362 g/mol. The van der Waals surface area contributed by atoms with Gasteiger partial charge in [-0.1, -0.05) is 44.5 Å². The molecule has 0 aliphatic carbocycles. The number of halogens is 1. The van der Waals surface area contributed by atoms with E-state index >= 15 is 0 Å². The molecular formula is C20H27ClN2O2. The first-order valence-corrected chi connectivity index (χ1v) is 9.40. The van der Waals surface area contributed by atoms with E-state index in [1.807, 2.05) is 30.9 Å². The Labute approximate surface area is 155 Å². The number of hydrogen-bond acceptors (Lipinski definition) is 2. The van der Waals surface area contributed by atoms with Crippen molar-refractivity contribution in [2.45, 2.75) is 52.5 Å². The third kappa shape index (κ3) is 3.74. The molecule has 0 radical (unpaired) electrons. The number of carbonyl (C=O) groups excluding carboxylic acids is 2. The fourth-order valence-electron chi connectivity index (χ4n) is 3.53. The van der Waals surface area contributed by atoms with Gasteiger partial charge in [-0.2, -0.15) is 0 Å². The summed E-state index contributed by atoms with van der Waals surface area (Å²) in [4.78, 5) is 26.9. The van der Waals surface area contributed by atoms with Crippen LogP contribution in [0.2, 0.25) is 5.02 Å². The maximum atomic E-state index is 12.8. The second kappa shape index (κ2) is 8.05. The fraction of sp³-hybridized carbons (Fsp3) is 0.500. The van der Waals surface area contributed by atoms with Crippen LogP contribution in [0.5, 0.6) is 0 Å². The Hall–Kier alpha value is -1.81. The normalized spacial score (nSPS) is 16.1. The molecule has 0 fully saturated rings. The maximum Gasteiger partial charge on any atom is 0.252 e. The summed E-state index contributed by atoms with van der Waals surface area (Å²) in [6.45, 7) is 9.09. The quantitative estimate of drug-likeness (QED) is 0.795. The van der Waals surface area contributed by atoms with Gasteiger partial charge >= 0.3 is 0 Å². The first-order chi connectivity index (χ1) is 11.9. The lowest BCUT2D eigenvalue weighted by Crippen LogP contribution is -2.46. The summed E-state index contributed by atoms with van der Waals surface area (Å²) in [7, 11) is 0. The summed E-state index contributed by atoms with van der Waals surface area (Å²) in [5.74, 6) is 0.0342. The molecule has 1 N–H and O–H groups in total. The molecule has 0 saturated carbocycles. The van der Waals surface area contributed by atoms with Gasteiger partial charge in [-0.3, -0.25) is 9.59 Å². The standard InChI is InChI=1S/C20H27ClN2O2/c1-5-17(24)23(8-4)13-16-18(14-9-11-15(21)12-10-14)19(25)22-20(16,6-2)7-3/h9-12H,5-8,13H2,1-4H3,(H,22,25). The second-order valence-corrected chi connectivity index (χ2v) is 6.80. The minimum atomic E-state index is -0.395. The van der Waals surface area contributed by atoms with Crippen LogP contribution in [0.15, 0.2) is 29.8 Å². The summed E-state index contributed by atoms with van der Waals surface area (Å²) >= 11 is 6.00. The predicted molar refractivity (Wildman–Crippen MR) is 102 cm³/mol.